The van der Waals surface area contributed by atoms with Crippen LogP contribution in [0.4, 0.5) is 5.69 Å². The zero-order valence-corrected chi connectivity index (χ0v) is 12.6. The first-order chi connectivity index (χ1) is 8.06. The van der Waals surface area contributed by atoms with Gasteiger partial charge in [0.25, 0.3) is 0 Å². The molecular weight excluding hydrogens is 348 g/mol. The van der Waals surface area contributed by atoms with E-state index in [1.807, 2.05) is 25.1 Å². The molecule has 0 bridgehead atoms. The van der Waals surface area contributed by atoms with Gasteiger partial charge in [-0.1, -0.05) is 12.1 Å². The Labute approximate surface area is 118 Å². The molecule has 0 fully saturated rings. The number of para-hydroxylation sites is 1. The molecule has 1 amide bonds. The average Bonchev–Trinajstić information content (AvgIpc) is 2.30. The third kappa shape index (κ3) is 4.16. The number of rotatable bonds is 5. The van der Waals surface area contributed by atoms with Crippen molar-refractivity contribution in [1.82, 2.24) is 5.32 Å². The normalized spacial score (nSPS) is 11.7. The summed E-state index contributed by atoms with van der Waals surface area (Å²) in [4.78, 5) is 11.7. The molecule has 0 aliphatic carbocycles. The molecule has 92 valence electrons. The molecule has 17 heavy (non-hydrogen) atoms. The van der Waals surface area contributed by atoms with Crippen molar-refractivity contribution in [3.63, 3.8) is 0 Å². The highest BCUT2D eigenvalue weighted by atomic mass is 79.9. The lowest BCUT2D eigenvalue weighted by Gasteiger charge is -2.17. The van der Waals surface area contributed by atoms with Crippen LogP contribution in [0.5, 0.6) is 0 Å². The van der Waals surface area contributed by atoms with Crippen molar-refractivity contribution in [1.29, 1.82) is 0 Å². The molecule has 0 aromatic heterocycles. The van der Waals surface area contributed by atoms with Crippen molar-refractivity contribution in [2.24, 2.45) is 0 Å². The number of anilines is 1. The molecule has 0 aliphatic rings. The molecule has 0 spiro atoms. The van der Waals surface area contributed by atoms with Crippen LogP contribution in [0.3, 0.4) is 0 Å². The maximum absolute atomic E-state index is 11.7. The van der Waals surface area contributed by atoms with E-state index in [0.717, 1.165) is 14.6 Å². The van der Waals surface area contributed by atoms with Gasteiger partial charge in [0.2, 0.25) is 5.91 Å². The Balaban J connectivity index is 2.70. The number of hydrogen-bond donors (Lipinski definition) is 2. The van der Waals surface area contributed by atoms with Gasteiger partial charge in [-0.15, -0.1) is 6.58 Å². The molecule has 0 radical (unpaired) electrons. The first-order valence-electron chi connectivity index (χ1n) is 5.15. The van der Waals surface area contributed by atoms with Crippen molar-refractivity contribution in [3.8, 4) is 0 Å². The minimum Gasteiger partial charge on any atom is -0.372 e. The molecule has 0 saturated carbocycles. The highest BCUT2D eigenvalue weighted by Crippen LogP contribution is 2.30. The summed E-state index contributed by atoms with van der Waals surface area (Å²) < 4.78 is 1.82. The van der Waals surface area contributed by atoms with Gasteiger partial charge in [-0.3, -0.25) is 4.79 Å². The fraction of sp³-hybridized carbons (Fsp3) is 0.250. The van der Waals surface area contributed by atoms with Crippen molar-refractivity contribution >= 4 is 43.5 Å². The summed E-state index contributed by atoms with van der Waals surface area (Å²) in [5.74, 6) is -0.0625. The summed E-state index contributed by atoms with van der Waals surface area (Å²) in [6.07, 6.45) is 1.65. The van der Waals surface area contributed by atoms with Crippen LogP contribution >= 0.6 is 31.9 Å². The van der Waals surface area contributed by atoms with Crippen LogP contribution in [0, 0.1) is 0 Å². The highest BCUT2D eigenvalue weighted by Gasteiger charge is 2.14. The molecule has 5 heteroatoms. The van der Waals surface area contributed by atoms with Gasteiger partial charge in [0.15, 0.2) is 0 Å². The topological polar surface area (TPSA) is 41.1 Å². The second kappa shape index (κ2) is 6.81. The Morgan fingerprint density at radius 2 is 2.06 bits per heavy atom. The van der Waals surface area contributed by atoms with Crippen LogP contribution < -0.4 is 10.6 Å². The summed E-state index contributed by atoms with van der Waals surface area (Å²) in [5.41, 5.74) is 0.869. The summed E-state index contributed by atoms with van der Waals surface area (Å²) in [7, 11) is 0. The molecule has 1 atom stereocenters. The van der Waals surface area contributed by atoms with E-state index in [-0.39, 0.29) is 11.9 Å². The van der Waals surface area contributed by atoms with E-state index in [1.165, 1.54) is 0 Å². The van der Waals surface area contributed by atoms with Gasteiger partial charge in [0.05, 0.1) is 5.69 Å². The summed E-state index contributed by atoms with van der Waals surface area (Å²) >= 11 is 6.87. The molecule has 0 heterocycles. The van der Waals surface area contributed by atoms with Gasteiger partial charge in [0.1, 0.15) is 6.04 Å². The second-order valence-electron chi connectivity index (χ2n) is 3.50. The maximum atomic E-state index is 11.7. The lowest BCUT2D eigenvalue weighted by Crippen LogP contribution is -2.37. The lowest BCUT2D eigenvalue weighted by atomic mass is 10.2. The third-order valence-electron chi connectivity index (χ3n) is 2.14. The minimum atomic E-state index is -0.315. The zero-order valence-electron chi connectivity index (χ0n) is 9.47. The highest BCUT2D eigenvalue weighted by molar-refractivity contribution is 9.11. The van der Waals surface area contributed by atoms with E-state index >= 15 is 0 Å². The van der Waals surface area contributed by atoms with Gasteiger partial charge < -0.3 is 10.6 Å². The molecule has 0 aliphatic heterocycles. The molecule has 0 saturated heterocycles. The van der Waals surface area contributed by atoms with Crippen LogP contribution in [-0.4, -0.2) is 18.5 Å². The lowest BCUT2D eigenvalue weighted by molar-refractivity contribution is -0.121. The van der Waals surface area contributed by atoms with Gasteiger partial charge in [-0.05, 0) is 50.9 Å². The van der Waals surface area contributed by atoms with Crippen LogP contribution in [0.2, 0.25) is 0 Å². The Bertz CT molecular complexity index is 401. The van der Waals surface area contributed by atoms with E-state index in [1.54, 1.807) is 6.08 Å². The van der Waals surface area contributed by atoms with Crippen LogP contribution in [0.25, 0.3) is 0 Å². The van der Waals surface area contributed by atoms with E-state index in [2.05, 4.69) is 49.1 Å². The SMILES string of the molecule is C=CCNC(=O)C(C)Nc1c(Br)cccc1Br. The Hall–Kier alpha value is -0.810. The first kappa shape index (κ1) is 14.3. The van der Waals surface area contributed by atoms with Gasteiger partial charge in [0, 0.05) is 15.5 Å². The molecule has 3 nitrogen and oxygen atoms in total. The number of nitrogens with one attached hydrogen (secondary N) is 2. The standard InChI is InChI=1S/C12H14Br2N2O/c1-3-7-15-12(17)8(2)16-11-9(13)5-4-6-10(11)14/h3-6,8,16H,1,7H2,2H3,(H,15,17). The number of halogens is 2. The van der Waals surface area contributed by atoms with Gasteiger partial charge in [-0.25, -0.2) is 0 Å². The van der Waals surface area contributed by atoms with Gasteiger partial charge >= 0.3 is 0 Å². The molecule has 1 rings (SSSR count). The summed E-state index contributed by atoms with van der Waals surface area (Å²) in [6, 6.07) is 5.44. The average molecular weight is 362 g/mol. The molecule has 1 aromatic carbocycles. The van der Waals surface area contributed by atoms with Crippen LogP contribution in [0.1, 0.15) is 6.92 Å². The predicted octanol–water partition coefficient (Wildman–Crippen LogP) is 3.31. The Kier molecular flexibility index (Phi) is 5.71. The molecule has 2 N–H and O–H groups in total. The fourth-order valence-electron chi connectivity index (χ4n) is 1.24. The zero-order chi connectivity index (χ0) is 12.8. The van der Waals surface area contributed by atoms with E-state index in [9.17, 15) is 4.79 Å². The summed E-state index contributed by atoms with van der Waals surface area (Å²) in [5, 5.41) is 5.89. The van der Waals surface area contributed by atoms with Crippen molar-refractivity contribution in [2.45, 2.75) is 13.0 Å². The van der Waals surface area contributed by atoms with E-state index in [4.69, 9.17) is 0 Å². The summed E-state index contributed by atoms with van der Waals surface area (Å²) in [6.45, 7) is 5.84. The Morgan fingerprint density at radius 3 is 2.59 bits per heavy atom. The van der Waals surface area contributed by atoms with Crippen molar-refractivity contribution in [2.75, 3.05) is 11.9 Å². The van der Waals surface area contributed by atoms with E-state index in [0.29, 0.717) is 6.54 Å². The monoisotopic (exact) mass is 360 g/mol. The maximum Gasteiger partial charge on any atom is 0.242 e. The predicted molar refractivity (Wildman–Crippen MR) is 78.1 cm³/mol. The van der Waals surface area contributed by atoms with Crippen molar-refractivity contribution in [3.05, 3.63) is 39.8 Å². The first-order valence-corrected chi connectivity index (χ1v) is 6.74. The largest absolute Gasteiger partial charge is 0.372 e. The smallest absolute Gasteiger partial charge is 0.242 e. The molecule has 1 unspecified atom stereocenters. The minimum absolute atomic E-state index is 0.0625. The number of amides is 1. The van der Waals surface area contributed by atoms with Crippen LogP contribution in [-0.2, 0) is 4.79 Å². The van der Waals surface area contributed by atoms with E-state index < -0.39 is 0 Å². The van der Waals surface area contributed by atoms with Gasteiger partial charge in [-0.2, -0.15) is 0 Å². The third-order valence-corrected chi connectivity index (χ3v) is 3.46. The number of hydrogen-bond acceptors (Lipinski definition) is 2. The number of carbonyl (C=O) groups excluding carboxylic acids is 1. The molecule has 1 aromatic rings. The number of benzene rings is 1. The fourth-order valence-corrected chi connectivity index (χ4v) is 2.47. The Morgan fingerprint density at radius 1 is 1.47 bits per heavy atom. The second-order valence-corrected chi connectivity index (χ2v) is 5.21. The molecular formula is C12H14Br2N2O. The number of carbonyl (C=O) groups is 1. The van der Waals surface area contributed by atoms with Crippen molar-refractivity contribution < 1.29 is 4.79 Å². The quantitative estimate of drug-likeness (QED) is 0.790. The van der Waals surface area contributed by atoms with Crippen LogP contribution in [0.15, 0.2) is 39.8 Å².